The van der Waals surface area contributed by atoms with E-state index in [2.05, 4.69) is 33.0 Å². The van der Waals surface area contributed by atoms with E-state index in [-0.39, 0.29) is 0 Å². The minimum atomic E-state index is 0.436. The average Bonchev–Trinajstić information content (AvgIpc) is 2.73. The van der Waals surface area contributed by atoms with E-state index in [1.165, 1.54) is 0 Å². The van der Waals surface area contributed by atoms with Gasteiger partial charge in [0.15, 0.2) is 0 Å². The largest absolute Gasteiger partial charge is 0.497 e. The second-order valence-electron chi connectivity index (χ2n) is 6.69. The third-order valence-corrected chi connectivity index (χ3v) is 5.34. The second-order valence-corrected chi connectivity index (χ2v) is 6.69. The van der Waals surface area contributed by atoms with Gasteiger partial charge in [0, 0.05) is 18.3 Å². The number of anilines is 1. The number of nitrogens with two attached hydrogens (primary N) is 1. The lowest BCUT2D eigenvalue weighted by atomic mass is 10.0. The summed E-state index contributed by atoms with van der Waals surface area (Å²) in [6.45, 7) is 11.3. The quantitative estimate of drug-likeness (QED) is 0.802. The highest BCUT2D eigenvalue weighted by molar-refractivity contribution is 5.51. The molecule has 1 aliphatic rings. The molecule has 1 aliphatic carbocycles. The summed E-state index contributed by atoms with van der Waals surface area (Å²) in [5.74, 6) is 1.55. The van der Waals surface area contributed by atoms with E-state index in [0.717, 1.165) is 36.0 Å². The summed E-state index contributed by atoms with van der Waals surface area (Å²) >= 11 is 0. The van der Waals surface area contributed by atoms with Crippen molar-refractivity contribution in [2.75, 3.05) is 19.4 Å². The van der Waals surface area contributed by atoms with E-state index < -0.39 is 0 Å². The van der Waals surface area contributed by atoms with Crippen LogP contribution in [0.25, 0.3) is 0 Å². The number of benzene rings is 1. The standard InChI is InChI=1S/C16H26N2O/c1-15(2)14(16(15,3)4)10-18-9-11-6-7-12(19-5)8-13(11)17/h6-8,14,18H,9-10,17H2,1-5H3. The van der Waals surface area contributed by atoms with Crippen LogP contribution in [0.15, 0.2) is 18.2 Å². The first kappa shape index (κ1) is 14.2. The number of nitrogens with one attached hydrogen (secondary N) is 1. The zero-order chi connectivity index (χ0) is 14.3. The van der Waals surface area contributed by atoms with Crippen molar-refractivity contribution in [3.8, 4) is 5.75 Å². The van der Waals surface area contributed by atoms with Gasteiger partial charge in [-0.1, -0.05) is 33.8 Å². The molecule has 3 heteroatoms. The van der Waals surface area contributed by atoms with Gasteiger partial charge >= 0.3 is 0 Å². The van der Waals surface area contributed by atoms with Crippen molar-refractivity contribution in [2.45, 2.75) is 34.2 Å². The molecular formula is C16H26N2O. The highest BCUT2D eigenvalue weighted by atomic mass is 16.5. The molecule has 0 spiro atoms. The summed E-state index contributed by atoms with van der Waals surface area (Å²) in [4.78, 5) is 0. The maximum atomic E-state index is 6.02. The molecule has 1 aromatic carbocycles. The summed E-state index contributed by atoms with van der Waals surface area (Å²) in [6, 6.07) is 5.87. The number of hydrogen-bond donors (Lipinski definition) is 2. The normalized spacial score (nSPS) is 20.3. The Kier molecular flexibility index (Phi) is 3.52. The molecule has 3 nitrogen and oxygen atoms in total. The second kappa shape index (κ2) is 4.71. The zero-order valence-corrected chi connectivity index (χ0v) is 12.7. The molecule has 1 saturated carbocycles. The van der Waals surface area contributed by atoms with Gasteiger partial charge in [-0.05, 0) is 34.9 Å². The molecule has 0 bridgehead atoms. The van der Waals surface area contributed by atoms with Crippen LogP contribution < -0.4 is 15.8 Å². The van der Waals surface area contributed by atoms with Crippen LogP contribution in [-0.4, -0.2) is 13.7 Å². The van der Waals surface area contributed by atoms with Crippen LogP contribution in [0.1, 0.15) is 33.3 Å². The predicted octanol–water partition coefficient (Wildman–Crippen LogP) is 3.05. The van der Waals surface area contributed by atoms with Crippen molar-refractivity contribution >= 4 is 5.69 Å². The first-order chi connectivity index (χ1) is 8.80. The van der Waals surface area contributed by atoms with E-state index >= 15 is 0 Å². The molecular weight excluding hydrogens is 236 g/mol. The maximum absolute atomic E-state index is 6.02. The molecule has 106 valence electrons. The van der Waals surface area contributed by atoms with Crippen LogP contribution in [0.2, 0.25) is 0 Å². The van der Waals surface area contributed by atoms with E-state index in [1.807, 2.05) is 18.2 Å². The Bertz CT molecular complexity index is 452. The highest BCUT2D eigenvalue weighted by Crippen LogP contribution is 2.67. The molecule has 0 atom stereocenters. The van der Waals surface area contributed by atoms with Crippen LogP contribution >= 0.6 is 0 Å². The molecule has 3 N–H and O–H groups in total. The van der Waals surface area contributed by atoms with Gasteiger partial charge in [-0.15, -0.1) is 0 Å². The molecule has 0 unspecified atom stereocenters. The fourth-order valence-corrected chi connectivity index (χ4v) is 3.06. The van der Waals surface area contributed by atoms with Crippen molar-refractivity contribution in [2.24, 2.45) is 16.7 Å². The van der Waals surface area contributed by atoms with Crippen LogP contribution in [-0.2, 0) is 6.54 Å². The first-order valence-electron chi connectivity index (χ1n) is 6.94. The molecule has 1 fully saturated rings. The van der Waals surface area contributed by atoms with Crippen molar-refractivity contribution in [3.63, 3.8) is 0 Å². The Morgan fingerprint density at radius 2 is 1.84 bits per heavy atom. The van der Waals surface area contributed by atoms with E-state index in [4.69, 9.17) is 10.5 Å². The van der Waals surface area contributed by atoms with Gasteiger partial charge in [0.05, 0.1) is 7.11 Å². The fraction of sp³-hybridized carbons (Fsp3) is 0.625. The van der Waals surface area contributed by atoms with E-state index in [9.17, 15) is 0 Å². The fourth-order valence-electron chi connectivity index (χ4n) is 3.06. The number of hydrogen-bond acceptors (Lipinski definition) is 3. The Balaban J connectivity index is 1.87. The first-order valence-corrected chi connectivity index (χ1v) is 6.94. The van der Waals surface area contributed by atoms with Gasteiger partial charge in [-0.3, -0.25) is 0 Å². The summed E-state index contributed by atoms with van der Waals surface area (Å²) in [6.07, 6.45) is 0. The molecule has 0 saturated heterocycles. The number of methoxy groups -OCH3 is 1. The lowest BCUT2D eigenvalue weighted by Crippen LogP contribution is -2.19. The summed E-state index contributed by atoms with van der Waals surface area (Å²) in [5.41, 5.74) is 8.82. The van der Waals surface area contributed by atoms with Gasteiger partial charge in [0.2, 0.25) is 0 Å². The molecule has 19 heavy (non-hydrogen) atoms. The van der Waals surface area contributed by atoms with Crippen LogP contribution in [0.3, 0.4) is 0 Å². The third kappa shape index (κ3) is 2.44. The predicted molar refractivity (Wildman–Crippen MR) is 80.2 cm³/mol. The topological polar surface area (TPSA) is 47.3 Å². The summed E-state index contributed by atoms with van der Waals surface area (Å²) in [7, 11) is 1.66. The van der Waals surface area contributed by atoms with Gasteiger partial charge in [-0.25, -0.2) is 0 Å². The number of nitrogen functional groups attached to an aromatic ring is 1. The monoisotopic (exact) mass is 262 g/mol. The molecule has 0 amide bonds. The van der Waals surface area contributed by atoms with E-state index in [1.54, 1.807) is 7.11 Å². The smallest absolute Gasteiger partial charge is 0.120 e. The Labute approximate surface area is 116 Å². The molecule has 1 aromatic rings. The van der Waals surface area contributed by atoms with Crippen molar-refractivity contribution in [1.82, 2.24) is 5.32 Å². The third-order valence-electron chi connectivity index (χ3n) is 5.34. The zero-order valence-electron chi connectivity index (χ0n) is 12.7. The van der Waals surface area contributed by atoms with Crippen molar-refractivity contribution in [3.05, 3.63) is 23.8 Å². The molecule has 0 aliphatic heterocycles. The highest BCUT2D eigenvalue weighted by Gasteiger charge is 2.63. The molecule has 0 heterocycles. The number of ether oxygens (including phenoxy) is 1. The van der Waals surface area contributed by atoms with Crippen LogP contribution in [0.5, 0.6) is 5.75 Å². The number of rotatable bonds is 5. The maximum Gasteiger partial charge on any atom is 0.120 e. The Morgan fingerprint density at radius 3 is 2.32 bits per heavy atom. The summed E-state index contributed by atoms with van der Waals surface area (Å²) < 4.78 is 5.16. The van der Waals surface area contributed by atoms with Crippen LogP contribution in [0.4, 0.5) is 5.69 Å². The Hall–Kier alpha value is -1.22. The molecule has 0 aromatic heterocycles. The van der Waals surface area contributed by atoms with Crippen molar-refractivity contribution in [1.29, 1.82) is 0 Å². The Morgan fingerprint density at radius 1 is 1.21 bits per heavy atom. The van der Waals surface area contributed by atoms with Gasteiger partial charge in [-0.2, -0.15) is 0 Å². The van der Waals surface area contributed by atoms with Gasteiger partial charge in [0.1, 0.15) is 5.75 Å². The summed E-state index contributed by atoms with van der Waals surface area (Å²) in [5, 5.41) is 3.53. The lowest BCUT2D eigenvalue weighted by Gasteiger charge is -2.10. The minimum Gasteiger partial charge on any atom is -0.497 e. The SMILES string of the molecule is COc1ccc(CNCC2C(C)(C)C2(C)C)c(N)c1. The average molecular weight is 262 g/mol. The van der Waals surface area contributed by atoms with E-state index in [0.29, 0.717) is 10.8 Å². The van der Waals surface area contributed by atoms with Gasteiger partial charge < -0.3 is 15.8 Å². The van der Waals surface area contributed by atoms with Gasteiger partial charge in [0.25, 0.3) is 0 Å². The minimum absolute atomic E-state index is 0.436. The van der Waals surface area contributed by atoms with Crippen LogP contribution in [0, 0.1) is 16.7 Å². The van der Waals surface area contributed by atoms with Crippen molar-refractivity contribution < 1.29 is 4.74 Å². The molecule has 0 radical (unpaired) electrons. The lowest BCUT2D eigenvalue weighted by molar-refractivity contribution is 0.415. The molecule has 2 rings (SSSR count).